The van der Waals surface area contributed by atoms with Crippen molar-refractivity contribution in [1.29, 1.82) is 0 Å². The first-order valence-corrected chi connectivity index (χ1v) is 8.11. The zero-order valence-corrected chi connectivity index (χ0v) is 15.1. The lowest BCUT2D eigenvalue weighted by molar-refractivity contribution is -0.117. The summed E-state index contributed by atoms with van der Waals surface area (Å²) in [4.78, 5) is 25.0. The average Bonchev–Trinajstić information content (AvgIpc) is 2.92. The van der Waals surface area contributed by atoms with Gasteiger partial charge in [0, 0.05) is 0 Å². The summed E-state index contributed by atoms with van der Waals surface area (Å²) in [6.07, 6.45) is 1.54. The molecule has 3 rings (SSSR count). The second-order valence-electron chi connectivity index (χ2n) is 6.02. The lowest BCUT2D eigenvalue weighted by Gasteiger charge is -2.16. The Labute approximate surface area is 152 Å². The third-order valence-electron chi connectivity index (χ3n) is 4.36. The van der Waals surface area contributed by atoms with Gasteiger partial charge in [-0.25, -0.2) is 5.01 Å². The molecule has 1 aliphatic heterocycles. The lowest BCUT2D eigenvalue weighted by Crippen LogP contribution is -2.35. The molecule has 0 saturated carbocycles. The predicted molar refractivity (Wildman–Crippen MR) is 99.1 cm³/mol. The van der Waals surface area contributed by atoms with Crippen LogP contribution in [0.2, 0.25) is 0 Å². The molecule has 2 aromatic rings. The highest BCUT2D eigenvalue weighted by Gasteiger charge is 2.34. The van der Waals surface area contributed by atoms with Gasteiger partial charge in [-0.2, -0.15) is 0 Å². The number of aryl methyl sites for hydroxylation is 2. The van der Waals surface area contributed by atoms with E-state index in [1.54, 1.807) is 37.5 Å². The van der Waals surface area contributed by atoms with Crippen LogP contribution < -0.4 is 19.9 Å². The molecule has 134 valence electrons. The summed E-state index contributed by atoms with van der Waals surface area (Å²) in [5.74, 6) is 0.267. The monoisotopic (exact) mass is 352 g/mol. The van der Waals surface area contributed by atoms with Crippen LogP contribution in [0.3, 0.4) is 0 Å². The fourth-order valence-electron chi connectivity index (χ4n) is 2.71. The molecule has 1 saturated heterocycles. The molecule has 1 aliphatic rings. The van der Waals surface area contributed by atoms with Crippen LogP contribution in [0.1, 0.15) is 16.7 Å². The molecule has 1 heterocycles. The Balaban J connectivity index is 1.94. The number of nitrogens with zero attached hydrogens (tertiary/aromatic N) is 1. The van der Waals surface area contributed by atoms with Gasteiger partial charge in [0.2, 0.25) is 0 Å². The molecule has 6 heteroatoms. The van der Waals surface area contributed by atoms with Crippen LogP contribution in [-0.2, 0) is 9.59 Å². The molecule has 0 spiro atoms. The minimum atomic E-state index is -0.442. The van der Waals surface area contributed by atoms with Crippen LogP contribution in [0.25, 0.3) is 6.08 Å². The van der Waals surface area contributed by atoms with Gasteiger partial charge in [0.25, 0.3) is 11.8 Å². The van der Waals surface area contributed by atoms with Crippen molar-refractivity contribution in [3.63, 3.8) is 0 Å². The molecule has 2 amide bonds. The van der Waals surface area contributed by atoms with Gasteiger partial charge in [0.05, 0.1) is 19.9 Å². The topological polar surface area (TPSA) is 67.9 Å². The van der Waals surface area contributed by atoms with Crippen molar-refractivity contribution in [2.24, 2.45) is 0 Å². The van der Waals surface area contributed by atoms with E-state index in [1.165, 1.54) is 12.1 Å². The predicted octanol–water partition coefficient (Wildman–Crippen LogP) is 2.78. The number of carbonyl (C=O) groups is 2. The first kappa shape index (κ1) is 17.5. The number of anilines is 1. The van der Waals surface area contributed by atoms with E-state index in [0.717, 1.165) is 11.1 Å². The van der Waals surface area contributed by atoms with Crippen LogP contribution in [0.15, 0.2) is 42.0 Å². The highest BCUT2D eigenvalue weighted by Crippen LogP contribution is 2.29. The third-order valence-corrected chi connectivity index (χ3v) is 4.36. The van der Waals surface area contributed by atoms with Gasteiger partial charge in [-0.15, -0.1) is 0 Å². The Morgan fingerprint density at radius 1 is 0.923 bits per heavy atom. The Morgan fingerprint density at radius 2 is 1.65 bits per heavy atom. The fourth-order valence-corrected chi connectivity index (χ4v) is 2.71. The first-order chi connectivity index (χ1) is 12.4. The molecule has 0 atom stereocenters. The third kappa shape index (κ3) is 3.13. The molecule has 0 unspecified atom stereocenters. The van der Waals surface area contributed by atoms with Crippen molar-refractivity contribution in [1.82, 2.24) is 5.43 Å². The summed E-state index contributed by atoms with van der Waals surface area (Å²) in [6.45, 7) is 3.95. The maximum absolute atomic E-state index is 12.7. The summed E-state index contributed by atoms with van der Waals surface area (Å²) in [7, 11) is 3.08. The van der Waals surface area contributed by atoms with E-state index in [4.69, 9.17) is 9.47 Å². The lowest BCUT2D eigenvalue weighted by atomic mass is 10.1. The molecular formula is C20H20N2O4. The molecule has 6 nitrogen and oxygen atoms in total. The van der Waals surface area contributed by atoms with E-state index >= 15 is 0 Å². The van der Waals surface area contributed by atoms with Gasteiger partial charge in [0.1, 0.15) is 5.57 Å². The number of methoxy groups -OCH3 is 2. The Bertz CT molecular complexity index is 918. The van der Waals surface area contributed by atoms with Crippen LogP contribution in [0, 0.1) is 13.8 Å². The minimum absolute atomic E-state index is 0.0652. The first-order valence-electron chi connectivity index (χ1n) is 8.11. The van der Waals surface area contributed by atoms with E-state index < -0.39 is 11.8 Å². The summed E-state index contributed by atoms with van der Waals surface area (Å²) >= 11 is 0. The molecule has 26 heavy (non-hydrogen) atoms. The summed E-state index contributed by atoms with van der Waals surface area (Å²) in [5, 5.41) is 1.27. The number of hydrogen-bond acceptors (Lipinski definition) is 4. The van der Waals surface area contributed by atoms with E-state index in [-0.39, 0.29) is 5.57 Å². The molecule has 1 fully saturated rings. The highest BCUT2D eigenvalue weighted by molar-refractivity contribution is 6.31. The van der Waals surface area contributed by atoms with E-state index in [2.05, 4.69) is 5.43 Å². The summed E-state index contributed by atoms with van der Waals surface area (Å²) in [5.41, 5.74) is 6.13. The van der Waals surface area contributed by atoms with E-state index in [0.29, 0.717) is 22.7 Å². The zero-order chi connectivity index (χ0) is 18.8. The Hall–Kier alpha value is -3.28. The number of nitrogens with one attached hydrogen (secondary N) is 1. The molecule has 0 aliphatic carbocycles. The van der Waals surface area contributed by atoms with E-state index in [1.807, 2.05) is 26.0 Å². The van der Waals surface area contributed by atoms with Gasteiger partial charge in [-0.3, -0.25) is 15.0 Å². The summed E-state index contributed by atoms with van der Waals surface area (Å²) in [6, 6.07) is 10.8. The second kappa shape index (κ2) is 6.92. The van der Waals surface area contributed by atoms with Crippen molar-refractivity contribution < 1.29 is 19.1 Å². The van der Waals surface area contributed by atoms with Crippen LogP contribution >= 0.6 is 0 Å². The number of ether oxygens (including phenoxy) is 2. The number of amides is 2. The van der Waals surface area contributed by atoms with Crippen molar-refractivity contribution >= 4 is 23.6 Å². The largest absolute Gasteiger partial charge is 0.493 e. The maximum atomic E-state index is 12.7. The van der Waals surface area contributed by atoms with Gasteiger partial charge >= 0.3 is 0 Å². The van der Waals surface area contributed by atoms with Crippen LogP contribution in [0.5, 0.6) is 11.5 Å². The fraction of sp³-hybridized carbons (Fsp3) is 0.200. The SMILES string of the molecule is COc1ccc(C=C2C(=O)NN(c3ccc(C)c(C)c3)C2=O)cc1OC. The zero-order valence-electron chi connectivity index (χ0n) is 15.1. The van der Waals surface area contributed by atoms with E-state index in [9.17, 15) is 9.59 Å². The molecule has 0 radical (unpaired) electrons. The number of hydrogen-bond donors (Lipinski definition) is 1. The maximum Gasteiger partial charge on any atom is 0.282 e. The Morgan fingerprint density at radius 3 is 2.31 bits per heavy atom. The quantitative estimate of drug-likeness (QED) is 0.679. The van der Waals surface area contributed by atoms with Crippen molar-refractivity contribution in [3.8, 4) is 11.5 Å². The van der Waals surface area contributed by atoms with Crippen molar-refractivity contribution in [3.05, 3.63) is 58.7 Å². The number of rotatable bonds is 4. The standard InChI is InChI=1S/C20H20N2O4/c1-12-5-7-15(9-13(12)2)22-20(24)16(19(23)21-22)10-14-6-8-17(25-3)18(11-14)26-4/h5-11H,1-4H3,(H,21,23). The molecular weight excluding hydrogens is 332 g/mol. The van der Waals surface area contributed by atoms with Crippen molar-refractivity contribution in [2.45, 2.75) is 13.8 Å². The molecule has 1 N–H and O–H groups in total. The second-order valence-corrected chi connectivity index (χ2v) is 6.02. The highest BCUT2D eigenvalue weighted by atomic mass is 16.5. The van der Waals surface area contributed by atoms with Gasteiger partial charge in [-0.05, 0) is 60.9 Å². The van der Waals surface area contributed by atoms with Crippen LogP contribution in [-0.4, -0.2) is 26.0 Å². The Kier molecular flexibility index (Phi) is 4.67. The van der Waals surface area contributed by atoms with Crippen molar-refractivity contribution in [2.75, 3.05) is 19.2 Å². The summed E-state index contributed by atoms with van der Waals surface area (Å²) < 4.78 is 10.5. The number of benzene rings is 2. The normalized spacial score (nSPS) is 15.4. The number of hydrazine groups is 1. The number of carbonyl (C=O) groups excluding carboxylic acids is 2. The molecule has 0 aromatic heterocycles. The minimum Gasteiger partial charge on any atom is -0.493 e. The average molecular weight is 352 g/mol. The van der Waals surface area contributed by atoms with Gasteiger partial charge in [0.15, 0.2) is 11.5 Å². The van der Waals surface area contributed by atoms with Crippen LogP contribution in [0.4, 0.5) is 5.69 Å². The molecule has 0 bridgehead atoms. The molecule has 2 aromatic carbocycles. The smallest absolute Gasteiger partial charge is 0.282 e. The van der Waals surface area contributed by atoms with Gasteiger partial charge in [-0.1, -0.05) is 12.1 Å². The van der Waals surface area contributed by atoms with Gasteiger partial charge < -0.3 is 9.47 Å².